The van der Waals surface area contributed by atoms with Crippen molar-refractivity contribution in [3.8, 4) is 17.5 Å². The number of nitrogens with zero attached hydrogens (tertiary/aromatic N) is 2. The first-order chi connectivity index (χ1) is 13.4. The minimum atomic E-state index is -3.70. The zero-order valence-electron chi connectivity index (χ0n) is 15.8. The maximum absolute atomic E-state index is 12.5. The lowest BCUT2D eigenvalue weighted by Crippen LogP contribution is -2.12. The molecule has 0 radical (unpaired) electrons. The lowest BCUT2D eigenvalue weighted by Gasteiger charge is -2.10. The van der Waals surface area contributed by atoms with Crippen molar-refractivity contribution >= 4 is 15.7 Å². The summed E-state index contributed by atoms with van der Waals surface area (Å²) in [7, 11) is -3.70. The Morgan fingerprint density at radius 1 is 0.893 bits per heavy atom. The van der Waals surface area contributed by atoms with Gasteiger partial charge in [0.2, 0.25) is 0 Å². The van der Waals surface area contributed by atoms with Gasteiger partial charge in [-0.25, -0.2) is 18.4 Å². The quantitative estimate of drug-likeness (QED) is 0.644. The average molecular weight is 399 g/mol. The van der Waals surface area contributed by atoms with Gasteiger partial charge >= 0.3 is 6.01 Å². The van der Waals surface area contributed by atoms with Gasteiger partial charge in [-0.05, 0) is 75.4 Å². The molecule has 0 fully saturated rings. The molecule has 0 atom stereocenters. The number of ether oxygens (including phenoxy) is 2. The Balaban J connectivity index is 1.70. The first-order valence-corrected chi connectivity index (χ1v) is 10.2. The number of benzene rings is 2. The first-order valence-electron chi connectivity index (χ1n) is 8.71. The highest BCUT2D eigenvalue weighted by molar-refractivity contribution is 7.92. The molecule has 0 unspecified atom stereocenters. The summed E-state index contributed by atoms with van der Waals surface area (Å²) in [6, 6.07) is 14.9. The lowest BCUT2D eigenvalue weighted by atomic mass is 10.3. The van der Waals surface area contributed by atoms with Crippen LogP contribution in [0.5, 0.6) is 17.5 Å². The van der Waals surface area contributed by atoms with E-state index in [1.807, 2.05) is 26.8 Å². The normalized spacial score (nSPS) is 11.1. The van der Waals surface area contributed by atoms with E-state index in [0.29, 0.717) is 23.8 Å². The van der Waals surface area contributed by atoms with Crippen LogP contribution in [0.4, 0.5) is 5.69 Å². The summed E-state index contributed by atoms with van der Waals surface area (Å²) >= 11 is 0. The van der Waals surface area contributed by atoms with Gasteiger partial charge in [-0.3, -0.25) is 4.72 Å². The minimum Gasteiger partial charge on any atom is -0.494 e. The number of rotatable bonds is 7. The molecular formula is C20H21N3O4S. The number of hydrogen-bond donors (Lipinski definition) is 1. The van der Waals surface area contributed by atoms with E-state index in [4.69, 9.17) is 9.47 Å². The zero-order valence-corrected chi connectivity index (χ0v) is 16.7. The third-order valence-electron chi connectivity index (χ3n) is 3.72. The Bertz CT molecular complexity index is 1030. The molecule has 0 saturated heterocycles. The Kier molecular flexibility index (Phi) is 5.79. The van der Waals surface area contributed by atoms with E-state index in [1.54, 1.807) is 36.4 Å². The molecular weight excluding hydrogens is 378 g/mol. The number of aromatic nitrogens is 2. The maximum Gasteiger partial charge on any atom is 0.322 e. The van der Waals surface area contributed by atoms with Gasteiger partial charge in [-0.1, -0.05) is 0 Å². The molecule has 1 heterocycles. The maximum atomic E-state index is 12.5. The molecule has 3 rings (SSSR count). The molecule has 2 aromatic carbocycles. The predicted octanol–water partition coefficient (Wildman–Crippen LogP) is 4.09. The Hall–Kier alpha value is -3.13. The van der Waals surface area contributed by atoms with Crippen molar-refractivity contribution < 1.29 is 17.9 Å². The molecule has 146 valence electrons. The summed E-state index contributed by atoms with van der Waals surface area (Å²) in [5, 5.41) is 0. The summed E-state index contributed by atoms with van der Waals surface area (Å²) in [6.45, 7) is 6.11. The molecule has 0 amide bonds. The van der Waals surface area contributed by atoms with Crippen LogP contribution in [-0.4, -0.2) is 25.0 Å². The van der Waals surface area contributed by atoms with E-state index in [-0.39, 0.29) is 10.9 Å². The van der Waals surface area contributed by atoms with Crippen molar-refractivity contribution in [2.45, 2.75) is 25.7 Å². The molecule has 0 saturated carbocycles. The van der Waals surface area contributed by atoms with E-state index < -0.39 is 10.0 Å². The molecule has 0 bridgehead atoms. The summed E-state index contributed by atoms with van der Waals surface area (Å²) in [6.07, 6.45) is 0. The average Bonchev–Trinajstić information content (AvgIpc) is 2.63. The van der Waals surface area contributed by atoms with Crippen LogP contribution in [-0.2, 0) is 10.0 Å². The predicted molar refractivity (Wildman–Crippen MR) is 106 cm³/mol. The summed E-state index contributed by atoms with van der Waals surface area (Å²) < 4.78 is 38.5. The summed E-state index contributed by atoms with van der Waals surface area (Å²) in [4.78, 5) is 8.58. The molecule has 0 aliphatic carbocycles. The molecule has 0 aliphatic heterocycles. The van der Waals surface area contributed by atoms with Gasteiger partial charge in [-0.15, -0.1) is 0 Å². The Morgan fingerprint density at radius 2 is 1.46 bits per heavy atom. The molecule has 1 N–H and O–H groups in total. The molecule has 7 nitrogen and oxygen atoms in total. The largest absolute Gasteiger partial charge is 0.494 e. The second kappa shape index (κ2) is 8.26. The van der Waals surface area contributed by atoms with Crippen LogP contribution in [0.15, 0.2) is 59.5 Å². The Labute approximate surface area is 164 Å². The second-order valence-corrected chi connectivity index (χ2v) is 7.75. The third-order valence-corrected chi connectivity index (χ3v) is 5.12. The van der Waals surface area contributed by atoms with Crippen molar-refractivity contribution in [2.24, 2.45) is 0 Å². The fraction of sp³-hybridized carbons (Fsp3) is 0.200. The molecule has 8 heteroatoms. The second-order valence-electron chi connectivity index (χ2n) is 6.07. The fourth-order valence-corrected chi connectivity index (χ4v) is 3.59. The highest BCUT2D eigenvalue weighted by Gasteiger charge is 2.14. The van der Waals surface area contributed by atoms with Crippen LogP contribution in [0.2, 0.25) is 0 Å². The lowest BCUT2D eigenvalue weighted by molar-refractivity contribution is 0.340. The van der Waals surface area contributed by atoms with Gasteiger partial charge in [0.1, 0.15) is 11.5 Å². The van der Waals surface area contributed by atoms with E-state index in [0.717, 1.165) is 11.4 Å². The molecule has 0 aliphatic rings. The summed E-state index contributed by atoms with van der Waals surface area (Å²) in [5.74, 6) is 1.13. The SMILES string of the molecule is CCOc1ccc(S(=O)(=O)Nc2ccc(Oc3nc(C)cc(C)n3)cc2)cc1. The van der Waals surface area contributed by atoms with Crippen molar-refractivity contribution in [3.05, 3.63) is 66.0 Å². The van der Waals surface area contributed by atoms with Crippen LogP contribution in [0, 0.1) is 13.8 Å². The smallest absolute Gasteiger partial charge is 0.322 e. The topological polar surface area (TPSA) is 90.4 Å². The van der Waals surface area contributed by atoms with Gasteiger partial charge in [-0.2, -0.15) is 0 Å². The Morgan fingerprint density at radius 3 is 2.04 bits per heavy atom. The highest BCUT2D eigenvalue weighted by atomic mass is 32.2. The minimum absolute atomic E-state index is 0.153. The van der Waals surface area contributed by atoms with Gasteiger partial charge in [0.15, 0.2) is 0 Å². The van der Waals surface area contributed by atoms with Gasteiger partial charge in [0, 0.05) is 17.1 Å². The van der Waals surface area contributed by atoms with Crippen molar-refractivity contribution in [1.29, 1.82) is 0 Å². The zero-order chi connectivity index (χ0) is 20.1. The van der Waals surface area contributed by atoms with Gasteiger partial charge in [0.25, 0.3) is 10.0 Å². The van der Waals surface area contributed by atoms with Gasteiger partial charge in [0.05, 0.1) is 11.5 Å². The van der Waals surface area contributed by atoms with Gasteiger partial charge < -0.3 is 9.47 Å². The fourth-order valence-electron chi connectivity index (χ4n) is 2.53. The van der Waals surface area contributed by atoms with Crippen LogP contribution in [0.25, 0.3) is 0 Å². The van der Waals surface area contributed by atoms with Crippen molar-refractivity contribution in [2.75, 3.05) is 11.3 Å². The van der Waals surface area contributed by atoms with E-state index in [1.165, 1.54) is 12.1 Å². The van der Waals surface area contributed by atoms with Crippen LogP contribution in [0.3, 0.4) is 0 Å². The van der Waals surface area contributed by atoms with Crippen molar-refractivity contribution in [1.82, 2.24) is 9.97 Å². The van der Waals surface area contributed by atoms with E-state index >= 15 is 0 Å². The highest BCUT2D eigenvalue weighted by Crippen LogP contribution is 2.23. The molecule has 28 heavy (non-hydrogen) atoms. The standard InChI is InChI=1S/C20H21N3O4S/c1-4-26-17-9-11-19(12-10-17)28(24,25)23-16-5-7-18(8-6-16)27-20-21-14(2)13-15(3)22-20/h5-13,23H,4H2,1-3H3. The van der Waals surface area contributed by atoms with E-state index in [2.05, 4.69) is 14.7 Å². The number of aryl methyl sites for hydroxylation is 2. The third kappa shape index (κ3) is 4.98. The number of anilines is 1. The van der Waals surface area contributed by atoms with Crippen molar-refractivity contribution in [3.63, 3.8) is 0 Å². The van der Waals surface area contributed by atoms with Crippen LogP contribution in [0.1, 0.15) is 18.3 Å². The molecule has 0 spiro atoms. The first kappa shape index (κ1) is 19.6. The number of sulfonamides is 1. The monoisotopic (exact) mass is 399 g/mol. The number of nitrogens with one attached hydrogen (secondary N) is 1. The number of hydrogen-bond acceptors (Lipinski definition) is 6. The molecule has 1 aromatic heterocycles. The molecule has 3 aromatic rings. The van der Waals surface area contributed by atoms with E-state index in [9.17, 15) is 8.42 Å². The summed E-state index contributed by atoms with van der Waals surface area (Å²) in [5.41, 5.74) is 2.03. The van der Waals surface area contributed by atoms with Crippen LogP contribution >= 0.6 is 0 Å². The van der Waals surface area contributed by atoms with Crippen LogP contribution < -0.4 is 14.2 Å².